The van der Waals surface area contributed by atoms with Crippen LogP contribution >= 0.6 is 0 Å². The minimum atomic E-state index is -0.475. The van der Waals surface area contributed by atoms with Gasteiger partial charge in [-0.15, -0.1) is 0 Å². The molecule has 1 saturated heterocycles. The fraction of sp³-hybridized carbons (Fsp3) is 0.533. The fourth-order valence-electron chi connectivity index (χ4n) is 2.73. The van der Waals surface area contributed by atoms with Gasteiger partial charge >= 0.3 is 0 Å². The summed E-state index contributed by atoms with van der Waals surface area (Å²) in [4.78, 5) is 27.0. The van der Waals surface area contributed by atoms with E-state index >= 15 is 0 Å². The monoisotopic (exact) mass is 291 g/mol. The largest absolute Gasteiger partial charge is 0.298 e. The standard InChI is InChI=1S/C15H21N3O3/c1-11-8-17(9-12(2)16(11)3)10-15(19)13-5-4-6-14(7-13)18(20)21/h4-7,11-12H,8-10H2,1-3H3. The summed E-state index contributed by atoms with van der Waals surface area (Å²) >= 11 is 0. The summed E-state index contributed by atoms with van der Waals surface area (Å²) in [5.74, 6) is -0.0670. The van der Waals surface area contributed by atoms with Gasteiger partial charge in [-0.3, -0.25) is 24.7 Å². The maximum absolute atomic E-state index is 12.3. The number of carbonyl (C=O) groups is 1. The van der Waals surface area contributed by atoms with E-state index in [1.165, 1.54) is 12.1 Å². The maximum Gasteiger partial charge on any atom is 0.270 e. The van der Waals surface area contributed by atoms with Gasteiger partial charge in [-0.05, 0) is 20.9 Å². The van der Waals surface area contributed by atoms with Crippen LogP contribution in [0.4, 0.5) is 5.69 Å². The third kappa shape index (κ3) is 3.65. The lowest BCUT2D eigenvalue weighted by atomic mass is 10.1. The second kappa shape index (κ2) is 6.32. The number of piperazine rings is 1. The molecule has 1 aliphatic heterocycles. The maximum atomic E-state index is 12.3. The van der Waals surface area contributed by atoms with E-state index in [9.17, 15) is 14.9 Å². The molecule has 1 aromatic rings. The van der Waals surface area contributed by atoms with Gasteiger partial charge < -0.3 is 0 Å². The Morgan fingerprint density at radius 2 is 1.95 bits per heavy atom. The van der Waals surface area contributed by atoms with Gasteiger partial charge in [-0.2, -0.15) is 0 Å². The van der Waals surface area contributed by atoms with E-state index in [1.807, 2.05) is 0 Å². The predicted octanol–water partition coefficient (Wildman–Crippen LogP) is 1.80. The zero-order valence-electron chi connectivity index (χ0n) is 12.7. The van der Waals surface area contributed by atoms with Crippen molar-refractivity contribution in [2.24, 2.45) is 0 Å². The van der Waals surface area contributed by atoms with E-state index in [0.717, 1.165) is 13.1 Å². The number of benzene rings is 1. The van der Waals surface area contributed by atoms with E-state index in [1.54, 1.807) is 12.1 Å². The van der Waals surface area contributed by atoms with Crippen molar-refractivity contribution in [3.05, 3.63) is 39.9 Å². The zero-order chi connectivity index (χ0) is 15.6. The summed E-state index contributed by atoms with van der Waals surface area (Å²) in [6, 6.07) is 6.74. The van der Waals surface area contributed by atoms with Gasteiger partial charge in [0, 0.05) is 42.9 Å². The Bertz CT molecular complexity index is 535. The van der Waals surface area contributed by atoms with Gasteiger partial charge in [-0.1, -0.05) is 12.1 Å². The first-order valence-corrected chi connectivity index (χ1v) is 7.10. The number of non-ortho nitro benzene ring substituents is 1. The fourth-order valence-corrected chi connectivity index (χ4v) is 2.73. The SMILES string of the molecule is CC1CN(CC(=O)c2cccc([N+](=O)[O-])c2)CC(C)N1C. The Hall–Kier alpha value is -1.79. The highest BCUT2D eigenvalue weighted by molar-refractivity contribution is 5.98. The number of Topliss-reactive ketones (excluding diaryl/α,β-unsaturated/α-hetero) is 1. The van der Waals surface area contributed by atoms with Crippen molar-refractivity contribution in [3.8, 4) is 0 Å². The van der Waals surface area contributed by atoms with Crippen molar-refractivity contribution < 1.29 is 9.72 Å². The Morgan fingerprint density at radius 1 is 1.33 bits per heavy atom. The number of nitro groups is 1. The number of nitrogens with zero attached hydrogens (tertiary/aromatic N) is 3. The molecule has 2 rings (SSSR count). The van der Waals surface area contributed by atoms with Gasteiger partial charge in [0.25, 0.3) is 5.69 Å². The molecule has 0 radical (unpaired) electrons. The minimum absolute atomic E-state index is 0.0408. The molecule has 2 unspecified atom stereocenters. The number of ketones is 1. The highest BCUT2D eigenvalue weighted by Crippen LogP contribution is 2.16. The number of hydrogen-bond donors (Lipinski definition) is 0. The normalized spacial score (nSPS) is 24.0. The molecule has 114 valence electrons. The third-order valence-electron chi connectivity index (χ3n) is 4.18. The van der Waals surface area contributed by atoms with Crippen molar-refractivity contribution in [1.29, 1.82) is 0 Å². The van der Waals surface area contributed by atoms with Crippen LogP contribution in [0.2, 0.25) is 0 Å². The molecular weight excluding hydrogens is 270 g/mol. The molecule has 0 aromatic heterocycles. The van der Waals surface area contributed by atoms with Gasteiger partial charge in [-0.25, -0.2) is 0 Å². The first kappa shape index (κ1) is 15.6. The van der Waals surface area contributed by atoms with Gasteiger partial charge in [0.15, 0.2) is 5.78 Å². The molecule has 0 spiro atoms. The summed E-state index contributed by atoms with van der Waals surface area (Å²) in [6.45, 7) is 6.26. The van der Waals surface area contributed by atoms with Crippen molar-refractivity contribution in [3.63, 3.8) is 0 Å². The van der Waals surface area contributed by atoms with Crippen molar-refractivity contribution >= 4 is 11.5 Å². The van der Waals surface area contributed by atoms with Crippen LogP contribution in [0.25, 0.3) is 0 Å². The molecule has 0 aliphatic carbocycles. The molecule has 1 heterocycles. The van der Waals surface area contributed by atoms with E-state index < -0.39 is 4.92 Å². The summed E-state index contributed by atoms with van der Waals surface area (Å²) in [5.41, 5.74) is 0.365. The van der Waals surface area contributed by atoms with Gasteiger partial charge in [0.05, 0.1) is 11.5 Å². The lowest BCUT2D eigenvalue weighted by Gasteiger charge is -2.42. The van der Waals surface area contributed by atoms with Crippen LogP contribution in [0, 0.1) is 10.1 Å². The Morgan fingerprint density at radius 3 is 2.52 bits per heavy atom. The molecule has 0 bridgehead atoms. The van der Waals surface area contributed by atoms with Crippen molar-refractivity contribution in [1.82, 2.24) is 9.80 Å². The van der Waals surface area contributed by atoms with Crippen LogP contribution in [-0.4, -0.2) is 59.3 Å². The quantitative estimate of drug-likeness (QED) is 0.481. The lowest BCUT2D eigenvalue weighted by Crippen LogP contribution is -2.55. The van der Waals surface area contributed by atoms with E-state index in [0.29, 0.717) is 24.2 Å². The summed E-state index contributed by atoms with van der Waals surface area (Å²) in [7, 11) is 2.09. The van der Waals surface area contributed by atoms with Gasteiger partial charge in [0.2, 0.25) is 0 Å². The summed E-state index contributed by atoms with van der Waals surface area (Å²) < 4.78 is 0. The Kier molecular flexibility index (Phi) is 4.69. The molecule has 6 heteroatoms. The third-order valence-corrected chi connectivity index (χ3v) is 4.18. The molecule has 0 N–H and O–H groups in total. The number of nitro benzene ring substituents is 1. The molecule has 2 atom stereocenters. The second-order valence-electron chi connectivity index (χ2n) is 5.79. The first-order chi connectivity index (χ1) is 9.88. The van der Waals surface area contributed by atoms with Crippen LogP contribution < -0.4 is 0 Å². The molecule has 0 saturated carbocycles. The minimum Gasteiger partial charge on any atom is -0.298 e. The highest BCUT2D eigenvalue weighted by atomic mass is 16.6. The van der Waals surface area contributed by atoms with Crippen LogP contribution in [-0.2, 0) is 0 Å². The molecule has 6 nitrogen and oxygen atoms in total. The first-order valence-electron chi connectivity index (χ1n) is 7.10. The van der Waals surface area contributed by atoms with Crippen LogP contribution in [0.1, 0.15) is 24.2 Å². The zero-order valence-corrected chi connectivity index (χ0v) is 12.7. The number of carbonyl (C=O) groups excluding carboxylic acids is 1. The summed E-state index contributed by atoms with van der Waals surface area (Å²) in [6.07, 6.45) is 0. The van der Waals surface area contributed by atoms with Crippen LogP contribution in [0.3, 0.4) is 0 Å². The topological polar surface area (TPSA) is 66.7 Å². The van der Waals surface area contributed by atoms with Crippen molar-refractivity contribution in [2.45, 2.75) is 25.9 Å². The summed E-state index contributed by atoms with van der Waals surface area (Å²) in [5, 5.41) is 10.8. The molecule has 1 aromatic carbocycles. The second-order valence-corrected chi connectivity index (χ2v) is 5.79. The number of hydrogen-bond acceptors (Lipinski definition) is 5. The van der Waals surface area contributed by atoms with Crippen LogP contribution in [0.5, 0.6) is 0 Å². The number of rotatable bonds is 4. The van der Waals surface area contributed by atoms with E-state index in [4.69, 9.17) is 0 Å². The van der Waals surface area contributed by atoms with E-state index in [2.05, 4.69) is 30.7 Å². The highest BCUT2D eigenvalue weighted by Gasteiger charge is 2.27. The average Bonchev–Trinajstić information content (AvgIpc) is 2.44. The average molecular weight is 291 g/mol. The molecule has 1 aliphatic rings. The molecular formula is C15H21N3O3. The van der Waals surface area contributed by atoms with E-state index in [-0.39, 0.29) is 11.5 Å². The van der Waals surface area contributed by atoms with Gasteiger partial charge in [0.1, 0.15) is 0 Å². The molecule has 1 fully saturated rings. The lowest BCUT2D eigenvalue weighted by molar-refractivity contribution is -0.384. The van der Waals surface area contributed by atoms with Crippen molar-refractivity contribution in [2.75, 3.05) is 26.7 Å². The molecule has 0 amide bonds. The molecule has 21 heavy (non-hydrogen) atoms. The Balaban J connectivity index is 2.05. The van der Waals surface area contributed by atoms with Crippen LogP contribution in [0.15, 0.2) is 24.3 Å². The smallest absolute Gasteiger partial charge is 0.270 e. The predicted molar refractivity (Wildman–Crippen MR) is 80.6 cm³/mol. The Labute approximate surface area is 124 Å². The number of likely N-dealkylation sites (N-methyl/N-ethyl adjacent to an activating group) is 1.